The summed E-state index contributed by atoms with van der Waals surface area (Å²) >= 11 is 5.76. The molecule has 2 rings (SSSR count). The maximum Gasteiger partial charge on any atom is 0.130 e. The molecule has 0 aliphatic carbocycles. The number of halogens is 2. The molecule has 0 aliphatic heterocycles. The zero-order valence-corrected chi connectivity index (χ0v) is 11.5. The van der Waals surface area contributed by atoms with Crippen LogP contribution >= 0.6 is 11.6 Å². The van der Waals surface area contributed by atoms with Crippen molar-refractivity contribution < 1.29 is 9.13 Å². The van der Waals surface area contributed by atoms with E-state index in [1.54, 1.807) is 38.3 Å². The lowest BCUT2D eigenvalue weighted by atomic mass is 9.85. The molecule has 0 bridgehead atoms. The number of hydrogen-bond donors (Lipinski definition) is 1. The summed E-state index contributed by atoms with van der Waals surface area (Å²) in [7, 11) is 1.59. The number of nitrogens with two attached hydrogens (primary N) is 1. The SMILES string of the molecule is COc1ccc(C(C)(N)c2ccc(Cl)cc2F)cc1. The molecule has 100 valence electrons. The first-order valence-electron chi connectivity index (χ1n) is 5.84. The van der Waals surface area contributed by atoms with Crippen LogP contribution in [0.2, 0.25) is 5.02 Å². The van der Waals surface area contributed by atoms with Crippen LogP contribution in [0.25, 0.3) is 0 Å². The molecule has 2 N–H and O–H groups in total. The highest BCUT2D eigenvalue weighted by molar-refractivity contribution is 6.30. The smallest absolute Gasteiger partial charge is 0.130 e. The summed E-state index contributed by atoms with van der Waals surface area (Å²) in [6, 6.07) is 11.8. The Labute approximate surface area is 117 Å². The molecule has 2 aromatic carbocycles. The number of ether oxygens (including phenoxy) is 1. The second kappa shape index (κ2) is 5.19. The van der Waals surface area contributed by atoms with Gasteiger partial charge >= 0.3 is 0 Å². The lowest BCUT2D eigenvalue weighted by Gasteiger charge is -2.26. The first-order chi connectivity index (χ1) is 8.95. The quantitative estimate of drug-likeness (QED) is 0.929. The van der Waals surface area contributed by atoms with Crippen molar-refractivity contribution in [1.29, 1.82) is 0 Å². The Morgan fingerprint density at radius 2 is 1.79 bits per heavy atom. The van der Waals surface area contributed by atoms with Crippen LogP contribution in [0.5, 0.6) is 5.75 Å². The summed E-state index contributed by atoms with van der Waals surface area (Å²) in [5.41, 5.74) is 6.55. The summed E-state index contributed by atoms with van der Waals surface area (Å²) < 4.78 is 19.1. The van der Waals surface area contributed by atoms with E-state index >= 15 is 0 Å². The van der Waals surface area contributed by atoms with Gasteiger partial charge in [0.2, 0.25) is 0 Å². The van der Waals surface area contributed by atoms with Crippen molar-refractivity contribution in [3.8, 4) is 5.75 Å². The van der Waals surface area contributed by atoms with Crippen molar-refractivity contribution in [2.24, 2.45) is 5.73 Å². The highest BCUT2D eigenvalue weighted by Gasteiger charge is 2.27. The van der Waals surface area contributed by atoms with Crippen molar-refractivity contribution in [3.05, 3.63) is 64.4 Å². The first-order valence-corrected chi connectivity index (χ1v) is 6.22. The summed E-state index contributed by atoms with van der Waals surface area (Å²) in [4.78, 5) is 0. The van der Waals surface area contributed by atoms with Crippen LogP contribution in [0.4, 0.5) is 4.39 Å². The zero-order chi connectivity index (χ0) is 14.0. The fourth-order valence-corrected chi connectivity index (χ4v) is 2.16. The molecule has 2 aromatic rings. The molecule has 0 amide bonds. The molecule has 1 unspecified atom stereocenters. The van der Waals surface area contributed by atoms with Crippen LogP contribution in [0.1, 0.15) is 18.1 Å². The van der Waals surface area contributed by atoms with Crippen molar-refractivity contribution in [1.82, 2.24) is 0 Å². The number of hydrogen-bond acceptors (Lipinski definition) is 2. The van der Waals surface area contributed by atoms with E-state index in [2.05, 4.69) is 0 Å². The lowest BCUT2D eigenvalue weighted by molar-refractivity contribution is 0.414. The summed E-state index contributed by atoms with van der Waals surface area (Å²) in [5, 5.41) is 0.354. The third-order valence-corrected chi connectivity index (χ3v) is 3.42. The van der Waals surface area contributed by atoms with E-state index in [0.717, 1.165) is 11.3 Å². The van der Waals surface area contributed by atoms with Crippen LogP contribution in [0.3, 0.4) is 0 Å². The van der Waals surface area contributed by atoms with Gasteiger partial charge in [0.1, 0.15) is 11.6 Å². The topological polar surface area (TPSA) is 35.2 Å². The Morgan fingerprint density at radius 1 is 1.16 bits per heavy atom. The minimum Gasteiger partial charge on any atom is -0.497 e. The normalized spacial score (nSPS) is 13.9. The average molecular weight is 280 g/mol. The van der Waals surface area contributed by atoms with Crippen LogP contribution in [-0.4, -0.2) is 7.11 Å². The van der Waals surface area contributed by atoms with Gasteiger partial charge in [-0.25, -0.2) is 4.39 Å². The van der Waals surface area contributed by atoms with E-state index in [9.17, 15) is 4.39 Å². The monoisotopic (exact) mass is 279 g/mol. The molecule has 0 radical (unpaired) electrons. The molecule has 0 saturated heterocycles. The number of rotatable bonds is 3. The van der Waals surface area contributed by atoms with E-state index in [1.807, 2.05) is 12.1 Å². The second-order valence-corrected chi connectivity index (χ2v) is 4.99. The predicted molar refractivity (Wildman–Crippen MR) is 75.0 cm³/mol. The van der Waals surface area contributed by atoms with Gasteiger partial charge in [0.25, 0.3) is 0 Å². The molecule has 0 aliphatic rings. The van der Waals surface area contributed by atoms with Gasteiger partial charge in [0, 0.05) is 10.6 Å². The molecule has 0 spiro atoms. The Kier molecular flexibility index (Phi) is 3.78. The maximum absolute atomic E-state index is 14.0. The van der Waals surface area contributed by atoms with Crippen LogP contribution < -0.4 is 10.5 Å². The van der Waals surface area contributed by atoms with Gasteiger partial charge in [0.15, 0.2) is 0 Å². The third kappa shape index (κ3) is 2.72. The molecule has 0 aromatic heterocycles. The number of methoxy groups -OCH3 is 1. The van der Waals surface area contributed by atoms with E-state index in [-0.39, 0.29) is 0 Å². The fraction of sp³-hybridized carbons (Fsp3) is 0.200. The highest BCUT2D eigenvalue weighted by Crippen LogP contribution is 2.30. The van der Waals surface area contributed by atoms with Crippen LogP contribution in [0.15, 0.2) is 42.5 Å². The van der Waals surface area contributed by atoms with E-state index in [0.29, 0.717) is 10.6 Å². The minimum absolute atomic E-state index is 0.354. The third-order valence-electron chi connectivity index (χ3n) is 3.18. The van der Waals surface area contributed by atoms with Crippen LogP contribution in [0, 0.1) is 5.82 Å². The van der Waals surface area contributed by atoms with Gasteiger partial charge in [-0.1, -0.05) is 29.8 Å². The minimum atomic E-state index is -0.930. The first kappa shape index (κ1) is 13.8. The largest absolute Gasteiger partial charge is 0.497 e. The molecule has 1 atom stereocenters. The van der Waals surface area contributed by atoms with Gasteiger partial charge in [-0.3, -0.25) is 0 Å². The molecular formula is C15H15ClFNO. The van der Waals surface area contributed by atoms with Crippen molar-refractivity contribution in [2.45, 2.75) is 12.5 Å². The molecule has 4 heteroatoms. The van der Waals surface area contributed by atoms with Gasteiger partial charge in [-0.05, 0) is 36.8 Å². The maximum atomic E-state index is 14.0. The van der Waals surface area contributed by atoms with Crippen molar-refractivity contribution >= 4 is 11.6 Å². The summed E-state index contributed by atoms with van der Waals surface area (Å²) in [6.45, 7) is 1.77. The molecule has 19 heavy (non-hydrogen) atoms. The van der Waals surface area contributed by atoms with Crippen molar-refractivity contribution in [2.75, 3.05) is 7.11 Å². The molecular weight excluding hydrogens is 265 g/mol. The molecule has 0 saturated carbocycles. The van der Waals surface area contributed by atoms with E-state index in [4.69, 9.17) is 22.1 Å². The van der Waals surface area contributed by atoms with Gasteiger partial charge in [0.05, 0.1) is 12.6 Å². The Balaban J connectivity index is 2.45. The predicted octanol–water partition coefficient (Wildman–Crippen LogP) is 3.71. The molecule has 0 fully saturated rings. The fourth-order valence-electron chi connectivity index (χ4n) is 2.00. The zero-order valence-electron chi connectivity index (χ0n) is 10.8. The summed E-state index contributed by atoms with van der Waals surface area (Å²) in [5.74, 6) is 0.324. The average Bonchev–Trinajstić information content (AvgIpc) is 2.38. The van der Waals surface area contributed by atoms with Crippen molar-refractivity contribution in [3.63, 3.8) is 0 Å². The lowest BCUT2D eigenvalue weighted by Crippen LogP contribution is -2.35. The number of benzene rings is 2. The molecule has 0 heterocycles. The Bertz CT molecular complexity index is 581. The van der Waals surface area contributed by atoms with E-state index < -0.39 is 11.4 Å². The second-order valence-electron chi connectivity index (χ2n) is 4.56. The standard InChI is InChI=1S/C15H15ClFNO/c1-15(18,10-3-6-12(19-2)7-4-10)13-8-5-11(16)9-14(13)17/h3-9H,18H2,1-2H3. The van der Waals surface area contributed by atoms with E-state index in [1.165, 1.54) is 6.07 Å². The van der Waals surface area contributed by atoms with Gasteiger partial charge < -0.3 is 10.5 Å². The Hall–Kier alpha value is -1.58. The van der Waals surface area contributed by atoms with Gasteiger partial charge in [-0.15, -0.1) is 0 Å². The highest BCUT2D eigenvalue weighted by atomic mass is 35.5. The van der Waals surface area contributed by atoms with Gasteiger partial charge in [-0.2, -0.15) is 0 Å². The molecule has 2 nitrogen and oxygen atoms in total. The Morgan fingerprint density at radius 3 is 2.32 bits per heavy atom. The van der Waals surface area contributed by atoms with Crippen LogP contribution in [-0.2, 0) is 5.54 Å². The summed E-state index contributed by atoms with van der Waals surface area (Å²) in [6.07, 6.45) is 0.